The lowest BCUT2D eigenvalue weighted by molar-refractivity contribution is -0.119. The van der Waals surface area contributed by atoms with E-state index >= 15 is 0 Å². The van der Waals surface area contributed by atoms with E-state index in [1.165, 1.54) is 19.3 Å². The van der Waals surface area contributed by atoms with Crippen LogP contribution in [0.5, 0.6) is 5.75 Å². The minimum Gasteiger partial charge on any atom is -0.489 e. The van der Waals surface area contributed by atoms with Crippen LogP contribution in [0.4, 0.5) is 21.6 Å². The summed E-state index contributed by atoms with van der Waals surface area (Å²) in [6, 6.07) is 7.89. The number of nitrogens with two attached hydrogens (primary N) is 1. The number of nitrogens with one attached hydrogen (secondary N) is 2. The van der Waals surface area contributed by atoms with Gasteiger partial charge < -0.3 is 21.1 Å². The van der Waals surface area contributed by atoms with Crippen LogP contribution >= 0.6 is 15.9 Å². The van der Waals surface area contributed by atoms with Gasteiger partial charge in [0.15, 0.2) is 0 Å². The topological polar surface area (TPSA) is 102 Å². The van der Waals surface area contributed by atoms with Crippen molar-refractivity contribution in [1.29, 1.82) is 0 Å². The predicted molar refractivity (Wildman–Crippen MR) is 110 cm³/mol. The van der Waals surface area contributed by atoms with Crippen LogP contribution < -0.4 is 21.1 Å². The third-order valence-electron chi connectivity index (χ3n) is 3.89. The zero-order chi connectivity index (χ0) is 20.3. The summed E-state index contributed by atoms with van der Waals surface area (Å²) in [7, 11) is 0. The summed E-state index contributed by atoms with van der Waals surface area (Å²) in [5.74, 6) is 0.326. The first-order valence-corrected chi connectivity index (χ1v) is 9.29. The molecular weight excluding hydrogens is 429 g/mol. The Morgan fingerprint density at radius 1 is 1.32 bits per heavy atom. The number of halogens is 2. The van der Waals surface area contributed by atoms with Crippen molar-refractivity contribution in [3.8, 4) is 5.75 Å². The molecule has 0 radical (unpaired) electrons. The minimum atomic E-state index is -0.416. The number of nitrogens with zero attached hydrogens (tertiary/aromatic N) is 2. The number of hydrogen-bond acceptors (Lipinski definition) is 6. The lowest BCUT2D eigenvalue weighted by Crippen LogP contribution is -2.35. The zero-order valence-electron chi connectivity index (χ0n) is 15.3. The number of rotatable bonds is 6. The fourth-order valence-electron chi connectivity index (χ4n) is 2.65. The van der Waals surface area contributed by atoms with Gasteiger partial charge in [0.05, 0.1) is 22.9 Å². The van der Waals surface area contributed by atoms with Gasteiger partial charge in [-0.1, -0.05) is 15.9 Å². The Morgan fingerprint density at radius 3 is 2.82 bits per heavy atom. The third-order valence-corrected chi connectivity index (χ3v) is 4.38. The van der Waals surface area contributed by atoms with Crippen LogP contribution in [-0.4, -0.2) is 28.5 Å². The SMILES string of the molecule is CC(=O)NC(C)COc1cc2ncnc(Nc3ccc(Br)cc3F)c2cc1N. The van der Waals surface area contributed by atoms with Gasteiger partial charge in [0, 0.05) is 22.8 Å². The van der Waals surface area contributed by atoms with E-state index in [0.717, 1.165) is 0 Å². The zero-order valence-corrected chi connectivity index (χ0v) is 16.9. The molecule has 1 unspecified atom stereocenters. The van der Waals surface area contributed by atoms with Crippen LogP contribution in [0.25, 0.3) is 10.9 Å². The molecule has 4 N–H and O–H groups in total. The Kier molecular flexibility index (Phi) is 5.93. The minimum absolute atomic E-state index is 0.133. The maximum Gasteiger partial charge on any atom is 0.217 e. The molecule has 3 rings (SSSR count). The van der Waals surface area contributed by atoms with Crippen LogP contribution in [0, 0.1) is 5.82 Å². The highest BCUT2D eigenvalue weighted by Crippen LogP contribution is 2.32. The molecule has 146 valence electrons. The van der Waals surface area contributed by atoms with Crippen LogP contribution in [-0.2, 0) is 4.79 Å². The van der Waals surface area contributed by atoms with Gasteiger partial charge in [-0.3, -0.25) is 4.79 Å². The summed E-state index contributed by atoms with van der Waals surface area (Å²) in [4.78, 5) is 19.5. The number of nitrogen functional groups attached to an aromatic ring is 1. The molecule has 0 bridgehead atoms. The number of ether oxygens (including phenoxy) is 1. The Morgan fingerprint density at radius 2 is 2.11 bits per heavy atom. The number of anilines is 3. The van der Waals surface area contributed by atoms with E-state index in [-0.39, 0.29) is 24.2 Å². The summed E-state index contributed by atoms with van der Waals surface area (Å²) >= 11 is 3.23. The molecule has 2 aromatic carbocycles. The van der Waals surface area contributed by atoms with Gasteiger partial charge >= 0.3 is 0 Å². The van der Waals surface area contributed by atoms with Crippen LogP contribution in [0.1, 0.15) is 13.8 Å². The number of carbonyl (C=O) groups is 1. The van der Waals surface area contributed by atoms with Gasteiger partial charge in [0.2, 0.25) is 5.91 Å². The van der Waals surface area contributed by atoms with Gasteiger partial charge in [0.25, 0.3) is 0 Å². The second-order valence-corrected chi connectivity index (χ2v) is 7.21. The van der Waals surface area contributed by atoms with Gasteiger partial charge in [0.1, 0.15) is 30.3 Å². The fraction of sp³-hybridized carbons (Fsp3) is 0.211. The van der Waals surface area contributed by atoms with E-state index < -0.39 is 5.82 Å². The molecular formula is C19H19BrFN5O2. The van der Waals surface area contributed by atoms with Gasteiger partial charge in [-0.15, -0.1) is 0 Å². The molecule has 1 amide bonds. The Balaban J connectivity index is 1.86. The summed E-state index contributed by atoms with van der Waals surface area (Å²) in [6.07, 6.45) is 1.38. The number of benzene rings is 2. The number of amides is 1. The van der Waals surface area contributed by atoms with Gasteiger partial charge in [-0.25, -0.2) is 14.4 Å². The molecule has 0 aliphatic rings. The molecule has 1 heterocycles. The van der Waals surface area contributed by atoms with Crippen molar-refractivity contribution < 1.29 is 13.9 Å². The van der Waals surface area contributed by atoms with Crippen LogP contribution in [0.15, 0.2) is 41.1 Å². The maximum absolute atomic E-state index is 14.1. The second-order valence-electron chi connectivity index (χ2n) is 6.29. The quantitative estimate of drug-likeness (QED) is 0.497. The third kappa shape index (κ3) is 4.66. The van der Waals surface area contributed by atoms with E-state index in [9.17, 15) is 9.18 Å². The molecule has 0 saturated carbocycles. The average Bonchev–Trinajstić information content (AvgIpc) is 2.62. The molecule has 0 spiro atoms. The first-order valence-electron chi connectivity index (χ1n) is 8.49. The van der Waals surface area contributed by atoms with Crippen molar-refractivity contribution in [2.24, 2.45) is 0 Å². The molecule has 0 saturated heterocycles. The van der Waals surface area contributed by atoms with Crippen molar-refractivity contribution >= 4 is 49.9 Å². The summed E-state index contributed by atoms with van der Waals surface area (Å²) in [5.41, 5.74) is 7.37. The molecule has 0 aliphatic carbocycles. The highest BCUT2D eigenvalue weighted by atomic mass is 79.9. The lowest BCUT2D eigenvalue weighted by atomic mass is 10.2. The molecule has 28 heavy (non-hydrogen) atoms. The molecule has 3 aromatic rings. The number of fused-ring (bicyclic) bond motifs is 1. The van der Waals surface area contributed by atoms with Crippen LogP contribution in [0.3, 0.4) is 0 Å². The number of carbonyl (C=O) groups excluding carboxylic acids is 1. The Hall–Kier alpha value is -2.94. The highest BCUT2D eigenvalue weighted by molar-refractivity contribution is 9.10. The average molecular weight is 448 g/mol. The standard InChI is InChI=1S/C19H19BrFN5O2/c1-10(25-11(2)27)8-28-18-7-17-13(6-15(18)22)19(24-9-23-17)26-16-4-3-12(20)5-14(16)21/h3-7,9-10H,8,22H2,1-2H3,(H,25,27)(H,23,24,26). The lowest BCUT2D eigenvalue weighted by Gasteiger charge is -2.16. The van der Waals surface area contributed by atoms with Crippen molar-refractivity contribution in [3.05, 3.63) is 46.9 Å². The smallest absolute Gasteiger partial charge is 0.217 e. The van der Waals surface area contributed by atoms with E-state index in [4.69, 9.17) is 10.5 Å². The molecule has 1 aromatic heterocycles. The summed E-state index contributed by atoms with van der Waals surface area (Å²) in [6.45, 7) is 3.53. The summed E-state index contributed by atoms with van der Waals surface area (Å²) < 4.78 is 20.5. The molecule has 7 nitrogen and oxygen atoms in total. The van der Waals surface area contributed by atoms with Crippen molar-refractivity contribution in [2.75, 3.05) is 17.7 Å². The van der Waals surface area contributed by atoms with Crippen LogP contribution in [0.2, 0.25) is 0 Å². The van der Waals surface area contributed by atoms with Gasteiger partial charge in [-0.2, -0.15) is 0 Å². The molecule has 1 atom stereocenters. The van der Waals surface area contributed by atoms with Crippen molar-refractivity contribution in [2.45, 2.75) is 19.9 Å². The number of aromatic nitrogens is 2. The first-order chi connectivity index (χ1) is 13.3. The highest BCUT2D eigenvalue weighted by Gasteiger charge is 2.12. The normalized spacial score (nSPS) is 11.9. The Bertz CT molecular complexity index is 1030. The maximum atomic E-state index is 14.1. The first kappa shape index (κ1) is 19.8. The van der Waals surface area contributed by atoms with Crippen molar-refractivity contribution in [3.63, 3.8) is 0 Å². The van der Waals surface area contributed by atoms with Gasteiger partial charge in [-0.05, 0) is 31.2 Å². The second kappa shape index (κ2) is 8.39. The van der Waals surface area contributed by atoms with E-state index in [2.05, 4.69) is 36.5 Å². The summed E-state index contributed by atoms with van der Waals surface area (Å²) in [5, 5.41) is 6.34. The van der Waals surface area contributed by atoms with E-state index in [1.807, 2.05) is 6.92 Å². The van der Waals surface area contributed by atoms with E-state index in [0.29, 0.717) is 32.6 Å². The fourth-order valence-corrected chi connectivity index (χ4v) is 2.98. The monoisotopic (exact) mass is 447 g/mol. The molecule has 0 aliphatic heterocycles. The molecule has 9 heteroatoms. The largest absolute Gasteiger partial charge is 0.489 e. The Labute approximate surface area is 169 Å². The van der Waals surface area contributed by atoms with E-state index in [1.54, 1.807) is 24.3 Å². The predicted octanol–water partition coefficient (Wildman–Crippen LogP) is 3.76. The number of hydrogen-bond donors (Lipinski definition) is 3. The molecule has 0 fully saturated rings. The van der Waals surface area contributed by atoms with Crippen molar-refractivity contribution in [1.82, 2.24) is 15.3 Å².